The number of nitrogens with zero attached hydrogens (tertiary/aromatic N) is 3. The standard InChI is InChI=1S/C24H26N4O3S/c1-24(2,3)23-27-16-12-14(8-9-17(16)31-23)26-19(29)10-11-28-13-25-21-20(22(28)30)15-6-4-5-7-18(15)32-21/h8-9,12-13H,4-7,10-11H2,1-3H3,(H,26,29). The number of aryl methyl sites for hydroxylation is 3. The van der Waals surface area contributed by atoms with Crippen LogP contribution in [0.3, 0.4) is 0 Å². The molecule has 32 heavy (non-hydrogen) atoms. The highest BCUT2D eigenvalue weighted by Gasteiger charge is 2.22. The molecule has 0 bridgehead atoms. The maximum Gasteiger partial charge on any atom is 0.262 e. The molecule has 3 aromatic heterocycles. The normalized spacial score (nSPS) is 14.1. The van der Waals surface area contributed by atoms with E-state index in [9.17, 15) is 9.59 Å². The van der Waals surface area contributed by atoms with Gasteiger partial charge >= 0.3 is 0 Å². The van der Waals surface area contributed by atoms with Crippen LogP contribution in [0.4, 0.5) is 5.69 Å². The molecular weight excluding hydrogens is 424 g/mol. The van der Waals surface area contributed by atoms with Gasteiger partial charge in [0, 0.05) is 28.9 Å². The van der Waals surface area contributed by atoms with Gasteiger partial charge in [0.05, 0.1) is 11.7 Å². The maximum absolute atomic E-state index is 13.0. The van der Waals surface area contributed by atoms with Crippen LogP contribution in [0.2, 0.25) is 0 Å². The quantitative estimate of drug-likeness (QED) is 0.482. The molecule has 1 aliphatic carbocycles. The molecule has 1 aliphatic rings. The summed E-state index contributed by atoms with van der Waals surface area (Å²) in [6.45, 7) is 6.42. The summed E-state index contributed by atoms with van der Waals surface area (Å²) < 4.78 is 7.37. The lowest BCUT2D eigenvalue weighted by molar-refractivity contribution is -0.116. The van der Waals surface area contributed by atoms with E-state index in [-0.39, 0.29) is 23.3 Å². The second-order valence-corrected chi connectivity index (χ2v) is 10.5. The Morgan fingerprint density at radius 1 is 1.25 bits per heavy atom. The number of hydrogen-bond acceptors (Lipinski definition) is 6. The van der Waals surface area contributed by atoms with Crippen molar-refractivity contribution in [1.82, 2.24) is 14.5 Å². The number of fused-ring (bicyclic) bond motifs is 4. The third kappa shape index (κ3) is 3.83. The summed E-state index contributed by atoms with van der Waals surface area (Å²) in [4.78, 5) is 36.8. The summed E-state index contributed by atoms with van der Waals surface area (Å²) >= 11 is 1.64. The number of amides is 1. The molecule has 1 amide bonds. The third-order valence-electron chi connectivity index (χ3n) is 5.83. The molecule has 8 heteroatoms. The van der Waals surface area contributed by atoms with Crippen molar-refractivity contribution in [3.8, 4) is 0 Å². The second kappa shape index (κ2) is 7.85. The van der Waals surface area contributed by atoms with Gasteiger partial charge in [-0.2, -0.15) is 0 Å². The van der Waals surface area contributed by atoms with Crippen LogP contribution in [0, 0.1) is 0 Å². The van der Waals surface area contributed by atoms with Gasteiger partial charge < -0.3 is 9.73 Å². The fourth-order valence-electron chi connectivity index (χ4n) is 4.11. The van der Waals surface area contributed by atoms with Gasteiger partial charge in [0.2, 0.25) is 11.8 Å². The minimum atomic E-state index is -0.188. The zero-order valence-electron chi connectivity index (χ0n) is 18.5. The fraction of sp³-hybridized carbons (Fsp3) is 0.417. The molecule has 0 aliphatic heterocycles. The minimum Gasteiger partial charge on any atom is -0.440 e. The smallest absolute Gasteiger partial charge is 0.262 e. The predicted octanol–water partition coefficient (Wildman–Crippen LogP) is 4.80. The molecule has 7 nitrogen and oxygen atoms in total. The van der Waals surface area contributed by atoms with Crippen molar-refractivity contribution in [1.29, 1.82) is 0 Å². The van der Waals surface area contributed by atoms with Gasteiger partial charge in [-0.25, -0.2) is 9.97 Å². The molecule has 0 saturated heterocycles. The first-order valence-corrected chi connectivity index (χ1v) is 11.8. The molecule has 5 rings (SSSR count). The van der Waals surface area contributed by atoms with Gasteiger partial charge in [-0.3, -0.25) is 14.2 Å². The summed E-state index contributed by atoms with van der Waals surface area (Å²) in [5.74, 6) is 0.497. The molecule has 1 aromatic carbocycles. The number of rotatable bonds is 4. The van der Waals surface area contributed by atoms with Crippen LogP contribution in [0.25, 0.3) is 21.3 Å². The summed E-state index contributed by atoms with van der Waals surface area (Å²) in [5, 5.41) is 3.65. The highest BCUT2D eigenvalue weighted by molar-refractivity contribution is 7.18. The average Bonchev–Trinajstić information content (AvgIpc) is 3.34. The van der Waals surface area contributed by atoms with E-state index in [2.05, 4.69) is 15.3 Å². The van der Waals surface area contributed by atoms with E-state index < -0.39 is 0 Å². The van der Waals surface area contributed by atoms with Crippen molar-refractivity contribution in [3.63, 3.8) is 0 Å². The zero-order chi connectivity index (χ0) is 22.5. The number of carbonyl (C=O) groups is 1. The topological polar surface area (TPSA) is 90.0 Å². The van der Waals surface area contributed by atoms with Gasteiger partial charge in [-0.15, -0.1) is 11.3 Å². The maximum atomic E-state index is 13.0. The Labute approximate surface area is 189 Å². The van der Waals surface area contributed by atoms with Crippen molar-refractivity contribution in [2.75, 3.05) is 5.32 Å². The summed E-state index contributed by atoms with van der Waals surface area (Å²) in [5.41, 5.74) is 3.00. The largest absolute Gasteiger partial charge is 0.440 e. The molecule has 0 radical (unpaired) electrons. The Hall–Kier alpha value is -3.00. The number of nitrogens with one attached hydrogen (secondary N) is 1. The van der Waals surface area contributed by atoms with E-state index in [4.69, 9.17) is 4.42 Å². The highest BCUT2D eigenvalue weighted by Crippen LogP contribution is 2.33. The van der Waals surface area contributed by atoms with Gasteiger partial charge in [-0.05, 0) is 49.4 Å². The lowest BCUT2D eigenvalue weighted by atomic mass is 9.97. The fourth-order valence-corrected chi connectivity index (χ4v) is 5.33. The Kier molecular flexibility index (Phi) is 5.12. The van der Waals surface area contributed by atoms with E-state index in [0.717, 1.165) is 29.5 Å². The molecular formula is C24H26N4O3S. The van der Waals surface area contributed by atoms with Crippen LogP contribution < -0.4 is 10.9 Å². The number of thiophene rings is 1. The molecule has 0 fully saturated rings. The van der Waals surface area contributed by atoms with Crippen molar-refractivity contribution in [2.24, 2.45) is 0 Å². The predicted molar refractivity (Wildman–Crippen MR) is 126 cm³/mol. The molecule has 0 atom stereocenters. The number of oxazole rings is 1. The average molecular weight is 451 g/mol. The Balaban J connectivity index is 1.30. The number of carbonyl (C=O) groups excluding carboxylic acids is 1. The first-order chi connectivity index (χ1) is 15.3. The lowest BCUT2D eigenvalue weighted by Gasteiger charge is -2.11. The van der Waals surface area contributed by atoms with Crippen molar-refractivity contribution in [2.45, 2.75) is 64.8 Å². The van der Waals surface area contributed by atoms with Crippen LogP contribution in [0.15, 0.2) is 33.7 Å². The first-order valence-electron chi connectivity index (χ1n) is 11.0. The minimum absolute atomic E-state index is 0.0408. The zero-order valence-corrected chi connectivity index (χ0v) is 19.3. The van der Waals surface area contributed by atoms with Crippen LogP contribution in [0.5, 0.6) is 0 Å². The molecule has 1 N–H and O–H groups in total. The van der Waals surface area contributed by atoms with E-state index in [1.165, 1.54) is 16.9 Å². The summed E-state index contributed by atoms with van der Waals surface area (Å²) in [6.07, 6.45) is 6.01. The highest BCUT2D eigenvalue weighted by atomic mass is 32.1. The number of anilines is 1. The number of benzene rings is 1. The van der Waals surface area contributed by atoms with Crippen molar-refractivity contribution >= 4 is 44.2 Å². The van der Waals surface area contributed by atoms with Crippen molar-refractivity contribution < 1.29 is 9.21 Å². The van der Waals surface area contributed by atoms with E-state index in [1.54, 1.807) is 28.3 Å². The number of hydrogen-bond donors (Lipinski definition) is 1. The molecule has 0 unspecified atom stereocenters. The van der Waals surface area contributed by atoms with Crippen LogP contribution in [0.1, 0.15) is 56.4 Å². The summed E-state index contributed by atoms with van der Waals surface area (Å²) in [7, 11) is 0. The molecule has 0 spiro atoms. The SMILES string of the molecule is CC(C)(C)c1nc2cc(NC(=O)CCn3cnc4sc5c(c4c3=O)CCCC5)ccc2o1. The van der Waals surface area contributed by atoms with Crippen molar-refractivity contribution in [3.05, 3.63) is 51.2 Å². The number of aromatic nitrogens is 3. The third-order valence-corrected chi connectivity index (χ3v) is 7.03. The van der Waals surface area contributed by atoms with Crippen LogP contribution in [-0.2, 0) is 29.6 Å². The Bertz CT molecular complexity index is 1390. The van der Waals surface area contributed by atoms with Crippen LogP contribution >= 0.6 is 11.3 Å². The van der Waals surface area contributed by atoms with E-state index >= 15 is 0 Å². The van der Waals surface area contributed by atoms with Gasteiger partial charge in [0.15, 0.2) is 5.58 Å². The van der Waals surface area contributed by atoms with Crippen LogP contribution in [-0.4, -0.2) is 20.4 Å². The Morgan fingerprint density at radius 2 is 2.06 bits per heavy atom. The van der Waals surface area contributed by atoms with Gasteiger partial charge in [0.25, 0.3) is 5.56 Å². The monoisotopic (exact) mass is 450 g/mol. The first kappa shape index (κ1) is 20.9. The van der Waals surface area contributed by atoms with E-state index in [0.29, 0.717) is 29.2 Å². The lowest BCUT2D eigenvalue weighted by Crippen LogP contribution is -2.24. The Morgan fingerprint density at radius 3 is 2.88 bits per heavy atom. The van der Waals surface area contributed by atoms with E-state index in [1.807, 2.05) is 32.9 Å². The molecule has 0 saturated carbocycles. The molecule has 3 heterocycles. The summed E-state index contributed by atoms with van der Waals surface area (Å²) in [6, 6.07) is 5.42. The second-order valence-electron chi connectivity index (χ2n) is 9.38. The molecule has 4 aromatic rings. The van der Waals surface area contributed by atoms with Gasteiger partial charge in [-0.1, -0.05) is 20.8 Å². The van der Waals surface area contributed by atoms with Gasteiger partial charge in [0.1, 0.15) is 10.3 Å². The molecule has 166 valence electrons.